The highest BCUT2D eigenvalue weighted by Crippen LogP contribution is 2.21. The van der Waals surface area contributed by atoms with Gasteiger partial charge in [-0.1, -0.05) is 11.6 Å². The van der Waals surface area contributed by atoms with Gasteiger partial charge in [-0.25, -0.2) is 13.1 Å². The standard InChI is InChI=1S/C17H18N2O6S/c1-11-3-6-15(25-2)13(9-11)14(20)5-8-17(22)19-26(23,24)12-4-7-16(21)18-10-12/h3-4,6-7,9-10H,5,8H2,1-2H3,(H,18,21)(H,19,22). The van der Waals surface area contributed by atoms with Gasteiger partial charge in [-0.3, -0.25) is 14.4 Å². The molecule has 2 aromatic rings. The minimum absolute atomic E-state index is 0.174. The first kappa shape index (κ1) is 19.4. The van der Waals surface area contributed by atoms with Crippen molar-refractivity contribution in [2.45, 2.75) is 24.7 Å². The zero-order chi connectivity index (χ0) is 19.3. The first-order chi connectivity index (χ1) is 12.2. The fourth-order valence-electron chi connectivity index (χ4n) is 2.22. The first-order valence-corrected chi connectivity index (χ1v) is 9.13. The summed E-state index contributed by atoms with van der Waals surface area (Å²) in [5.74, 6) is -0.764. The number of Topliss-reactive ketones (excluding diaryl/α,β-unsaturated/α-hetero) is 1. The van der Waals surface area contributed by atoms with Gasteiger partial charge in [0.05, 0.1) is 12.7 Å². The minimum Gasteiger partial charge on any atom is -0.496 e. The van der Waals surface area contributed by atoms with Crippen LogP contribution in [-0.2, 0) is 14.8 Å². The van der Waals surface area contributed by atoms with E-state index in [4.69, 9.17) is 4.74 Å². The zero-order valence-electron chi connectivity index (χ0n) is 14.2. The number of sulfonamides is 1. The fraction of sp³-hybridized carbons (Fsp3) is 0.235. The molecular weight excluding hydrogens is 360 g/mol. The molecule has 0 aliphatic carbocycles. The van der Waals surface area contributed by atoms with E-state index in [0.29, 0.717) is 11.3 Å². The molecule has 0 fully saturated rings. The summed E-state index contributed by atoms with van der Waals surface area (Å²) in [5, 5.41) is 0. The zero-order valence-corrected chi connectivity index (χ0v) is 15.1. The smallest absolute Gasteiger partial charge is 0.265 e. The largest absolute Gasteiger partial charge is 0.496 e. The van der Waals surface area contributed by atoms with E-state index in [2.05, 4.69) is 4.98 Å². The maximum atomic E-state index is 12.3. The van der Waals surface area contributed by atoms with Crippen LogP contribution in [0.5, 0.6) is 5.75 Å². The average molecular weight is 378 g/mol. The molecule has 0 aliphatic rings. The molecule has 26 heavy (non-hydrogen) atoms. The predicted molar refractivity (Wildman–Crippen MR) is 93.7 cm³/mol. The van der Waals surface area contributed by atoms with Gasteiger partial charge < -0.3 is 9.72 Å². The van der Waals surface area contributed by atoms with E-state index >= 15 is 0 Å². The lowest BCUT2D eigenvalue weighted by Crippen LogP contribution is -2.31. The molecule has 1 amide bonds. The van der Waals surface area contributed by atoms with Crippen molar-refractivity contribution in [3.63, 3.8) is 0 Å². The summed E-state index contributed by atoms with van der Waals surface area (Å²) in [6, 6.07) is 7.21. The molecule has 8 nitrogen and oxygen atoms in total. The van der Waals surface area contributed by atoms with Crippen molar-refractivity contribution in [1.82, 2.24) is 9.71 Å². The van der Waals surface area contributed by atoms with Gasteiger partial charge >= 0.3 is 0 Å². The highest BCUT2D eigenvalue weighted by Gasteiger charge is 2.19. The number of hydrogen-bond donors (Lipinski definition) is 2. The third-order valence-electron chi connectivity index (χ3n) is 3.55. The number of H-pyrrole nitrogens is 1. The van der Waals surface area contributed by atoms with E-state index < -0.39 is 21.5 Å². The molecule has 0 atom stereocenters. The molecule has 1 aromatic heterocycles. The van der Waals surface area contributed by atoms with Crippen LogP contribution in [0.25, 0.3) is 0 Å². The van der Waals surface area contributed by atoms with Crippen molar-refractivity contribution in [1.29, 1.82) is 0 Å². The van der Waals surface area contributed by atoms with Crippen LogP contribution in [0.15, 0.2) is 46.2 Å². The summed E-state index contributed by atoms with van der Waals surface area (Å²) in [6.07, 6.45) is 0.506. The second-order valence-electron chi connectivity index (χ2n) is 5.54. The Morgan fingerprint density at radius 3 is 2.50 bits per heavy atom. The molecule has 138 valence electrons. The number of amides is 1. The van der Waals surface area contributed by atoms with Crippen molar-refractivity contribution >= 4 is 21.7 Å². The number of ether oxygens (including phenoxy) is 1. The Morgan fingerprint density at radius 1 is 1.15 bits per heavy atom. The Bertz CT molecular complexity index is 974. The van der Waals surface area contributed by atoms with E-state index in [-0.39, 0.29) is 23.5 Å². The van der Waals surface area contributed by atoms with Crippen LogP contribution in [-0.4, -0.2) is 32.2 Å². The van der Waals surface area contributed by atoms with Gasteiger partial charge in [0.2, 0.25) is 11.5 Å². The number of aryl methyl sites for hydroxylation is 1. The molecular formula is C17H18N2O6S. The number of aromatic nitrogens is 1. The normalized spacial score (nSPS) is 11.0. The summed E-state index contributed by atoms with van der Waals surface area (Å²) in [4.78, 5) is 37.2. The molecule has 0 spiro atoms. The minimum atomic E-state index is -4.11. The second kappa shape index (κ2) is 7.96. The van der Waals surface area contributed by atoms with E-state index in [0.717, 1.165) is 23.9 Å². The summed E-state index contributed by atoms with van der Waals surface area (Å²) in [6.45, 7) is 1.82. The van der Waals surface area contributed by atoms with E-state index in [1.165, 1.54) is 7.11 Å². The van der Waals surface area contributed by atoms with Gasteiger partial charge in [-0.2, -0.15) is 0 Å². The number of hydrogen-bond acceptors (Lipinski definition) is 6. The predicted octanol–water partition coefficient (Wildman–Crippen LogP) is 1.16. The van der Waals surface area contributed by atoms with Crippen molar-refractivity contribution in [2.75, 3.05) is 7.11 Å². The van der Waals surface area contributed by atoms with Gasteiger partial charge in [0, 0.05) is 25.1 Å². The summed E-state index contributed by atoms with van der Waals surface area (Å²) >= 11 is 0. The van der Waals surface area contributed by atoms with Crippen LogP contribution < -0.4 is 15.0 Å². The van der Waals surface area contributed by atoms with Crippen LogP contribution in [0.2, 0.25) is 0 Å². The van der Waals surface area contributed by atoms with Gasteiger partial charge in [0.15, 0.2) is 5.78 Å². The quantitative estimate of drug-likeness (QED) is 0.697. The third kappa shape index (κ3) is 4.79. The lowest BCUT2D eigenvalue weighted by atomic mass is 10.0. The molecule has 1 heterocycles. The van der Waals surface area contributed by atoms with Crippen LogP contribution in [0.1, 0.15) is 28.8 Å². The number of carbonyl (C=O) groups is 2. The average Bonchev–Trinajstić information content (AvgIpc) is 2.59. The summed E-state index contributed by atoms with van der Waals surface area (Å²) in [7, 11) is -2.68. The summed E-state index contributed by atoms with van der Waals surface area (Å²) in [5.41, 5.74) is 0.732. The molecule has 2 rings (SSSR count). The number of benzene rings is 1. The monoisotopic (exact) mass is 378 g/mol. The van der Waals surface area contributed by atoms with Crippen molar-refractivity contribution in [3.8, 4) is 5.75 Å². The third-order valence-corrected chi connectivity index (χ3v) is 4.92. The molecule has 0 radical (unpaired) electrons. The van der Waals surface area contributed by atoms with E-state index in [1.54, 1.807) is 18.2 Å². The molecule has 0 bridgehead atoms. The maximum absolute atomic E-state index is 12.3. The first-order valence-electron chi connectivity index (χ1n) is 7.65. The number of methoxy groups -OCH3 is 1. The van der Waals surface area contributed by atoms with E-state index in [9.17, 15) is 22.8 Å². The summed E-state index contributed by atoms with van der Waals surface area (Å²) < 4.78 is 31.1. The maximum Gasteiger partial charge on any atom is 0.265 e. The molecule has 9 heteroatoms. The topological polar surface area (TPSA) is 122 Å². The van der Waals surface area contributed by atoms with Crippen molar-refractivity contribution < 1.29 is 22.7 Å². The van der Waals surface area contributed by atoms with Gasteiger partial charge in [-0.15, -0.1) is 0 Å². The number of ketones is 1. The van der Waals surface area contributed by atoms with Crippen LogP contribution in [0.3, 0.4) is 0 Å². The lowest BCUT2D eigenvalue weighted by molar-refractivity contribution is -0.119. The molecule has 2 N–H and O–H groups in total. The Labute approximate surface area is 150 Å². The van der Waals surface area contributed by atoms with Crippen molar-refractivity contribution in [2.24, 2.45) is 0 Å². The molecule has 0 unspecified atom stereocenters. The van der Waals surface area contributed by atoms with Crippen LogP contribution in [0.4, 0.5) is 0 Å². The fourth-order valence-corrected chi connectivity index (χ4v) is 3.21. The molecule has 0 saturated heterocycles. The molecule has 0 aliphatic heterocycles. The Hall–Kier alpha value is -2.94. The number of rotatable bonds is 7. The Kier molecular flexibility index (Phi) is 5.93. The molecule has 1 aromatic carbocycles. The SMILES string of the molecule is COc1ccc(C)cc1C(=O)CCC(=O)NS(=O)(=O)c1ccc(=O)[nH]c1. The van der Waals surface area contributed by atoms with E-state index in [1.807, 2.05) is 11.6 Å². The Morgan fingerprint density at radius 2 is 1.88 bits per heavy atom. The van der Waals surface area contributed by atoms with Gasteiger partial charge in [-0.05, 0) is 25.1 Å². The number of pyridine rings is 1. The Balaban J connectivity index is 2.02. The number of carbonyl (C=O) groups excluding carboxylic acids is 2. The number of aromatic amines is 1. The van der Waals surface area contributed by atoms with Crippen LogP contribution >= 0.6 is 0 Å². The van der Waals surface area contributed by atoms with Gasteiger partial charge in [0.25, 0.3) is 10.0 Å². The second-order valence-corrected chi connectivity index (χ2v) is 7.23. The number of nitrogens with one attached hydrogen (secondary N) is 2. The van der Waals surface area contributed by atoms with Gasteiger partial charge in [0.1, 0.15) is 10.6 Å². The highest BCUT2D eigenvalue weighted by molar-refractivity contribution is 7.90. The van der Waals surface area contributed by atoms with Crippen molar-refractivity contribution in [3.05, 3.63) is 58.0 Å². The molecule has 0 saturated carbocycles. The van der Waals surface area contributed by atoms with Crippen LogP contribution in [0, 0.1) is 6.92 Å². The highest BCUT2D eigenvalue weighted by atomic mass is 32.2. The lowest BCUT2D eigenvalue weighted by Gasteiger charge is -2.09.